The van der Waals surface area contributed by atoms with E-state index in [4.69, 9.17) is 0 Å². The van der Waals surface area contributed by atoms with Crippen molar-refractivity contribution >= 4 is 28.2 Å². The van der Waals surface area contributed by atoms with Crippen molar-refractivity contribution in [1.29, 1.82) is 0 Å². The molecular formula is C14H17N3O3S. The predicted molar refractivity (Wildman–Crippen MR) is 78.4 cm³/mol. The molecule has 7 heteroatoms. The van der Waals surface area contributed by atoms with Crippen molar-refractivity contribution in [3.8, 4) is 0 Å². The Morgan fingerprint density at radius 2 is 2.29 bits per heavy atom. The fraction of sp³-hybridized carbons (Fsp3) is 0.500. The molecule has 0 spiro atoms. The second-order valence-electron chi connectivity index (χ2n) is 5.87. The lowest BCUT2D eigenvalue weighted by Crippen LogP contribution is -2.35. The van der Waals surface area contributed by atoms with Crippen LogP contribution in [0.1, 0.15) is 24.7 Å². The molecule has 0 radical (unpaired) electrons. The molecule has 1 N–H and O–H groups in total. The summed E-state index contributed by atoms with van der Waals surface area (Å²) in [5.41, 5.74) is 1.02. The van der Waals surface area contributed by atoms with Crippen LogP contribution in [0.5, 0.6) is 0 Å². The molecule has 0 saturated carbocycles. The topological polar surface area (TPSA) is 74.9 Å². The van der Waals surface area contributed by atoms with Crippen LogP contribution in [0.2, 0.25) is 0 Å². The van der Waals surface area contributed by atoms with Gasteiger partial charge >= 0.3 is 5.97 Å². The molecule has 3 heterocycles. The fourth-order valence-corrected chi connectivity index (χ4v) is 3.60. The summed E-state index contributed by atoms with van der Waals surface area (Å²) in [6, 6.07) is 0. The molecule has 2 aromatic heterocycles. The highest BCUT2D eigenvalue weighted by atomic mass is 32.1. The van der Waals surface area contributed by atoms with Crippen LogP contribution in [-0.4, -0.2) is 44.4 Å². The number of carboxylic acids is 1. The van der Waals surface area contributed by atoms with Crippen molar-refractivity contribution < 1.29 is 14.7 Å². The molecule has 0 aliphatic carbocycles. The molecule has 21 heavy (non-hydrogen) atoms. The highest BCUT2D eigenvalue weighted by molar-refractivity contribution is 7.15. The standard InChI is InChI=1S/C14H17N3O3S/c1-9-6-17-10(7-21-13(17)15-9)5-11(18)16-4-3-14(2,8-16)12(19)20/h6-7H,3-5,8H2,1-2H3,(H,19,20). The summed E-state index contributed by atoms with van der Waals surface area (Å²) >= 11 is 1.51. The number of aliphatic carboxylic acids is 1. The van der Waals surface area contributed by atoms with Gasteiger partial charge in [-0.25, -0.2) is 4.98 Å². The SMILES string of the molecule is Cc1cn2c(CC(=O)N3CCC(C)(C(=O)O)C3)csc2n1. The lowest BCUT2D eigenvalue weighted by Gasteiger charge is -2.20. The molecule has 3 rings (SSSR count). The third kappa shape index (κ3) is 2.42. The van der Waals surface area contributed by atoms with Crippen molar-refractivity contribution in [2.75, 3.05) is 13.1 Å². The Morgan fingerprint density at radius 1 is 1.52 bits per heavy atom. The Hall–Kier alpha value is -1.89. The van der Waals surface area contributed by atoms with Gasteiger partial charge in [-0.1, -0.05) is 0 Å². The number of aromatic nitrogens is 2. The Morgan fingerprint density at radius 3 is 2.95 bits per heavy atom. The molecule has 6 nitrogen and oxygen atoms in total. The van der Waals surface area contributed by atoms with E-state index in [9.17, 15) is 14.7 Å². The second kappa shape index (κ2) is 4.84. The van der Waals surface area contributed by atoms with Gasteiger partial charge in [-0.15, -0.1) is 11.3 Å². The van der Waals surface area contributed by atoms with Gasteiger partial charge in [-0.05, 0) is 20.3 Å². The molecule has 0 bridgehead atoms. The Bertz CT molecular complexity index is 720. The van der Waals surface area contributed by atoms with Gasteiger partial charge in [0.05, 0.1) is 17.5 Å². The molecular weight excluding hydrogens is 290 g/mol. The molecule has 1 atom stereocenters. The summed E-state index contributed by atoms with van der Waals surface area (Å²) in [6.07, 6.45) is 2.71. The first-order chi connectivity index (χ1) is 9.89. The normalized spacial score (nSPS) is 22.1. The molecule has 1 aliphatic rings. The molecule has 1 unspecified atom stereocenters. The number of likely N-dealkylation sites (tertiary alicyclic amines) is 1. The number of amides is 1. The quantitative estimate of drug-likeness (QED) is 0.934. The number of fused-ring (bicyclic) bond motifs is 1. The molecule has 1 fully saturated rings. The zero-order valence-corrected chi connectivity index (χ0v) is 12.8. The Kier molecular flexibility index (Phi) is 3.24. The first kappa shape index (κ1) is 14.1. The average molecular weight is 307 g/mol. The zero-order chi connectivity index (χ0) is 15.2. The van der Waals surface area contributed by atoms with Gasteiger partial charge in [0.25, 0.3) is 0 Å². The summed E-state index contributed by atoms with van der Waals surface area (Å²) in [6.45, 7) is 4.42. The maximum absolute atomic E-state index is 12.4. The third-order valence-corrected chi connectivity index (χ3v) is 4.97. The third-order valence-electron chi connectivity index (χ3n) is 4.08. The van der Waals surface area contributed by atoms with Crippen molar-refractivity contribution in [3.05, 3.63) is 23.0 Å². The molecule has 0 aromatic carbocycles. The van der Waals surface area contributed by atoms with E-state index < -0.39 is 11.4 Å². The zero-order valence-electron chi connectivity index (χ0n) is 12.0. The first-order valence-corrected chi connectivity index (χ1v) is 7.70. The number of aryl methyl sites for hydroxylation is 1. The van der Waals surface area contributed by atoms with Gasteiger partial charge in [-0.3, -0.25) is 14.0 Å². The molecule has 112 valence electrons. The van der Waals surface area contributed by atoms with E-state index in [0.717, 1.165) is 16.3 Å². The van der Waals surface area contributed by atoms with Crippen LogP contribution in [0, 0.1) is 12.3 Å². The van der Waals surface area contributed by atoms with Crippen LogP contribution in [0.15, 0.2) is 11.6 Å². The number of hydrogen-bond acceptors (Lipinski definition) is 4. The van der Waals surface area contributed by atoms with Crippen LogP contribution in [0.3, 0.4) is 0 Å². The monoisotopic (exact) mass is 307 g/mol. The van der Waals surface area contributed by atoms with Gasteiger partial charge in [0.15, 0.2) is 4.96 Å². The van der Waals surface area contributed by atoms with Crippen LogP contribution < -0.4 is 0 Å². The van der Waals surface area contributed by atoms with Crippen molar-refractivity contribution in [2.24, 2.45) is 5.41 Å². The minimum absolute atomic E-state index is 0.0222. The summed E-state index contributed by atoms with van der Waals surface area (Å²) in [4.78, 5) is 30.5. The van der Waals surface area contributed by atoms with Crippen LogP contribution in [-0.2, 0) is 16.0 Å². The Balaban J connectivity index is 1.74. The van der Waals surface area contributed by atoms with Crippen molar-refractivity contribution in [1.82, 2.24) is 14.3 Å². The fourth-order valence-electron chi connectivity index (χ4n) is 2.68. The average Bonchev–Trinajstić information content (AvgIpc) is 3.06. The lowest BCUT2D eigenvalue weighted by atomic mass is 9.90. The highest BCUT2D eigenvalue weighted by Crippen LogP contribution is 2.30. The summed E-state index contributed by atoms with van der Waals surface area (Å²) in [7, 11) is 0. The minimum atomic E-state index is -0.832. The van der Waals surface area contributed by atoms with E-state index in [2.05, 4.69) is 4.98 Å². The number of imidazole rings is 1. The van der Waals surface area contributed by atoms with Crippen molar-refractivity contribution in [3.63, 3.8) is 0 Å². The second-order valence-corrected chi connectivity index (χ2v) is 6.71. The largest absolute Gasteiger partial charge is 0.481 e. The number of carbonyl (C=O) groups excluding carboxylic acids is 1. The van der Waals surface area contributed by atoms with E-state index in [1.165, 1.54) is 11.3 Å². The summed E-state index contributed by atoms with van der Waals surface area (Å²) < 4.78 is 1.93. The summed E-state index contributed by atoms with van der Waals surface area (Å²) in [5, 5.41) is 11.2. The van der Waals surface area contributed by atoms with Crippen molar-refractivity contribution in [2.45, 2.75) is 26.7 Å². The molecule has 1 amide bonds. The Labute approximate surface area is 126 Å². The predicted octanol–water partition coefficient (Wildman–Crippen LogP) is 1.57. The number of rotatable bonds is 3. The van der Waals surface area contributed by atoms with E-state index in [-0.39, 0.29) is 18.9 Å². The number of hydrogen-bond donors (Lipinski definition) is 1. The number of thiazole rings is 1. The molecule has 1 saturated heterocycles. The van der Waals surface area contributed by atoms with Gasteiger partial charge < -0.3 is 10.0 Å². The van der Waals surface area contributed by atoms with Gasteiger partial charge in [0.1, 0.15) is 0 Å². The minimum Gasteiger partial charge on any atom is -0.481 e. The van der Waals surface area contributed by atoms with Crippen LogP contribution >= 0.6 is 11.3 Å². The molecule has 2 aromatic rings. The van der Waals surface area contributed by atoms with E-state index in [1.54, 1.807) is 11.8 Å². The smallest absolute Gasteiger partial charge is 0.311 e. The van der Waals surface area contributed by atoms with E-state index >= 15 is 0 Å². The maximum atomic E-state index is 12.4. The lowest BCUT2D eigenvalue weighted by molar-refractivity contribution is -0.147. The van der Waals surface area contributed by atoms with Gasteiger partial charge in [0, 0.05) is 30.4 Å². The number of carboxylic acid groups (broad SMARTS) is 1. The van der Waals surface area contributed by atoms with Gasteiger partial charge in [0.2, 0.25) is 5.91 Å². The maximum Gasteiger partial charge on any atom is 0.311 e. The highest BCUT2D eigenvalue weighted by Gasteiger charge is 2.42. The van der Waals surface area contributed by atoms with Crippen LogP contribution in [0.4, 0.5) is 0 Å². The molecule has 1 aliphatic heterocycles. The summed E-state index contributed by atoms with van der Waals surface area (Å²) in [5.74, 6) is -0.855. The van der Waals surface area contributed by atoms with Crippen LogP contribution in [0.25, 0.3) is 4.96 Å². The van der Waals surface area contributed by atoms with Gasteiger partial charge in [-0.2, -0.15) is 0 Å². The number of nitrogens with zero attached hydrogens (tertiary/aromatic N) is 3. The first-order valence-electron chi connectivity index (χ1n) is 6.82. The van der Waals surface area contributed by atoms with E-state index in [1.807, 2.05) is 22.9 Å². The van der Waals surface area contributed by atoms with E-state index in [0.29, 0.717) is 13.0 Å². The number of carbonyl (C=O) groups is 2.